The quantitative estimate of drug-likeness (QED) is 0.846. The number of piperidine rings is 1. The fraction of sp³-hybridized carbons (Fsp3) is 0.588. The minimum Gasteiger partial charge on any atom is -0.376 e. The topological polar surface area (TPSA) is 44.4 Å². The van der Waals surface area contributed by atoms with Crippen molar-refractivity contribution in [3.05, 3.63) is 28.8 Å². The van der Waals surface area contributed by atoms with Gasteiger partial charge in [0.2, 0.25) is 5.91 Å². The number of hydrogen-bond donors (Lipinski definition) is 2. The van der Waals surface area contributed by atoms with E-state index in [0.29, 0.717) is 17.6 Å². The molecule has 2 N–H and O–H groups in total. The van der Waals surface area contributed by atoms with E-state index < -0.39 is 0 Å². The SMILES string of the molecule is CCCc1cc(Cl)cc(NCC(=O)N2CCCC(NC)C2)c1. The largest absolute Gasteiger partial charge is 0.376 e. The summed E-state index contributed by atoms with van der Waals surface area (Å²) in [5, 5.41) is 7.19. The molecule has 1 heterocycles. The highest BCUT2D eigenvalue weighted by Gasteiger charge is 2.22. The van der Waals surface area contributed by atoms with Crippen LogP contribution in [0.2, 0.25) is 5.02 Å². The predicted molar refractivity (Wildman–Crippen MR) is 92.6 cm³/mol. The van der Waals surface area contributed by atoms with Gasteiger partial charge in [-0.05, 0) is 50.1 Å². The first-order chi connectivity index (χ1) is 10.6. The van der Waals surface area contributed by atoms with Gasteiger partial charge in [0.1, 0.15) is 0 Å². The highest BCUT2D eigenvalue weighted by atomic mass is 35.5. The van der Waals surface area contributed by atoms with Gasteiger partial charge in [0.15, 0.2) is 0 Å². The van der Waals surface area contributed by atoms with Crippen LogP contribution in [0.1, 0.15) is 31.7 Å². The molecule has 0 saturated carbocycles. The van der Waals surface area contributed by atoms with Crippen molar-refractivity contribution < 1.29 is 4.79 Å². The molecule has 5 heteroatoms. The van der Waals surface area contributed by atoms with Crippen molar-refractivity contribution in [2.75, 3.05) is 32.0 Å². The second-order valence-electron chi connectivity index (χ2n) is 5.92. The maximum atomic E-state index is 12.3. The Morgan fingerprint density at radius 2 is 2.23 bits per heavy atom. The summed E-state index contributed by atoms with van der Waals surface area (Å²) in [5.41, 5.74) is 2.13. The molecule has 1 fully saturated rings. The Kier molecular flexibility index (Phi) is 6.52. The standard InChI is InChI=1S/C17H26ClN3O/c1-3-5-13-8-14(18)10-16(9-13)20-11-17(22)21-7-4-6-15(12-21)19-2/h8-10,15,19-20H,3-7,11-12H2,1-2H3. The molecule has 122 valence electrons. The molecule has 1 aliphatic rings. The number of carbonyl (C=O) groups excluding carboxylic acids is 1. The molecule has 4 nitrogen and oxygen atoms in total. The molecule has 0 spiro atoms. The van der Waals surface area contributed by atoms with Gasteiger partial charge >= 0.3 is 0 Å². The third-order valence-corrected chi connectivity index (χ3v) is 4.34. The van der Waals surface area contributed by atoms with E-state index in [9.17, 15) is 4.79 Å². The summed E-state index contributed by atoms with van der Waals surface area (Å²) in [7, 11) is 1.96. The summed E-state index contributed by atoms with van der Waals surface area (Å²) < 4.78 is 0. The summed E-state index contributed by atoms with van der Waals surface area (Å²) >= 11 is 6.14. The monoisotopic (exact) mass is 323 g/mol. The molecule has 1 aromatic rings. The summed E-state index contributed by atoms with van der Waals surface area (Å²) in [5.74, 6) is 0.150. The molecule has 0 aliphatic carbocycles. The fourth-order valence-corrected chi connectivity index (χ4v) is 3.17. The van der Waals surface area contributed by atoms with E-state index in [2.05, 4.69) is 23.6 Å². The van der Waals surface area contributed by atoms with Crippen molar-refractivity contribution in [2.24, 2.45) is 0 Å². The van der Waals surface area contributed by atoms with Gasteiger partial charge in [-0.3, -0.25) is 4.79 Å². The number of likely N-dealkylation sites (tertiary alicyclic amines) is 1. The van der Waals surface area contributed by atoms with Crippen molar-refractivity contribution >= 4 is 23.2 Å². The number of aryl methyl sites for hydroxylation is 1. The normalized spacial score (nSPS) is 18.3. The van der Waals surface area contributed by atoms with Crippen LogP contribution in [0.4, 0.5) is 5.69 Å². The lowest BCUT2D eigenvalue weighted by Crippen LogP contribution is -2.48. The Hall–Kier alpha value is -1.26. The number of nitrogens with zero attached hydrogens (tertiary/aromatic N) is 1. The van der Waals surface area contributed by atoms with E-state index >= 15 is 0 Å². The lowest BCUT2D eigenvalue weighted by molar-refractivity contribution is -0.130. The van der Waals surface area contributed by atoms with Crippen molar-refractivity contribution in [3.63, 3.8) is 0 Å². The molecule has 1 saturated heterocycles. The van der Waals surface area contributed by atoms with Crippen molar-refractivity contribution in [1.82, 2.24) is 10.2 Å². The van der Waals surface area contributed by atoms with E-state index in [1.165, 1.54) is 5.56 Å². The van der Waals surface area contributed by atoms with Crippen LogP contribution in [-0.4, -0.2) is 43.5 Å². The van der Waals surface area contributed by atoms with Gasteiger partial charge in [-0.1, -0.05) is 24.9 Å². The van der Waals surface area contributed by atoms with E-state index in [4.69, 9.17) is 11.6 Å². The Morgan fingerprint density at radius 1 is 1.41 bits per heavy atom. The Balaban J connectivity index is 1.90. The molecular weight excluding hydrogens is 298 g/mol. The fourth-order valence-electron chi connectivity index (χ4n) is 2.91. The molecule has 2 rings (SSSR count). The third-order valence-electron chi connectivity index (χ3n) is 4.12. The van der Waals surface area contributed by atoms with Gasteiger partial charge in [-0.2, -0.15) is 0 Å². The number of likely N-dealkylation sites (N-methyl/N-ethyl adjacent to an activating group) is 1. The zero-order valence-electron chi connectivity index (χ0n) is 13.5. The number of halogens is 1. The number of amides is 1. The van der Waals surface area contributed by atoms with Crippen molar-refractivity contribution in [3.8, 4) is 0 Å². The Labute approximate surface area is 138 Å². The first kappa shape index (κ1) is 17.1. The van der Waals surface area contributed by atoms with Crippen LogP contribution in [-0.2, 0) is 11.2 Å². The molecular formula is C17H26ClN3O. The van der Waals surface area contributed by atoms with E-state index in [1.54, 1.807) is 0 Å². The van der Waals surface area contributed by atoms with Crippen molar-refractivity contribution in [1.29, 1.82) is 0 Å². The summed E-state index contributed by atoms with van der Waals surface area (Å²) in [6.45, 7) is 4.12. The van der Waals surface area contributed by atoms with E-state index in [1.807, 2.05) is 24.1 Å². The Morgan fingerprint density at radius 3 is 2.95 bits per heavy atom. The lowest BCUT2D eigenvalue weighted by atomic mass is 10.1. The molecule has 1 unspecified atom stereocenters. The second kappa shape index (κ2) is 8.39. The van der Waals surface area contributed by atoms with Crippen LogP contribution < -0.4 is 10.6 Å². The van der Waals surface area contributed by atoms with Gasteiger partial charge < -0.3 is 15.5 Å². The van der Waals surface area contributed by atoms with Gasteiger partial charge in [0.25, 0.3) is 0 Å². The molecule has 1 aliphatic heterocycles. The highest BCUT2D eigenvalue weighted by Crippen LogP contribution is 2.20. The molecule has 1 amide bonds. The molecule has 1 atom stereocenters. The van der Waals surface area contributed by atoms with Gasteiger partial charge in [-0.25, -0.2) is 0 Å². The smallest absolute Gasteiger partial charge is 0.241 e. The molecule has 0 radical (unpaired) electrons. The molecule has 22 heavy (non-hydrogen) atoms. The summed E-state index contributed by atoms with van der Waals surface area (Å²) in [6.07, 6.45) is 4.29. The zero-order valence-corrected chi connectivity index (χ0v) is 14.2. The maximum absolute atomic E-state index is 12.3. The van der Waals surface area contributed by atoms with Crippen LogP contribution in [0.25, 0.3) is 0 Å². The average molecular weight is 324 g/mol. The van der Waals surface area contributed by atoms with E-state index in [0.717, 1.165) is 44.5 Å². The third kappa shape index (κ3) is 4.89. The minimum absolute atomic E-state index is 0.150. The number of nitrogens with one attached hydrogen (secondary N) is 2. The Bertz CT molecular complexity index is 507. The van der Waals surface area contributed by atoms with Gasteiger partial charge in [0.05, 0.1) is 6.54 Å². The molecule has 0 bridgehead atoms. The maximum Gasteiger partial charge on any atom is 0.241 e. The lowest BCUT2D eigenvalue weighted by Gasteiger charge is -2.32. The predicted octanol–water partition coefficient (Wildman–Crippen LogP) is 2.91. The summed E-state index contributed by atoms with van der Waals surface area (Å²) in [4.78, 5) is 14.3. The average Bonchev–Trinajstić information content (AvgIpc) is 2.52. The van der Waals surface area contributed by atoms with Crippen LogP contribution >= 0.6 is 11.6 Å². The van der Waals surface area contributed by atoms with Gasteiger partial charge in [-0.15, -0.1) is 0 Å². The number of rotatable bonds is 6. The number of hydrogen-bond acceptors (Lipinski definition) is 3. The van der Waals surface area contributed by atoms with Crippen LogP contribution in [0.15, 0.2) is 18.2 Å². The number of benzene rings is 1. The van der Waals surface area contributed by atoms with Gasteiger partial charge in [0, 0.05) is 29.8 Å². The van der Waals surface area contributed by atoms with E-state index in [-0.39, 0.29) is 5.91 Å². The minimum atomic E-state index is 0.150. The second-order valence-corrected chi connectivity index (χ2v) is 6.36. The molecule has 1 aromatic carbocycles. The molecule has 0 aromatic heterocycles. The number of anilines is 1. The zero-order chi connectivity index (χ0) is 15.9. The van der Waals surface area contributed by atoms with Crippen LogP contribution in [0.5, 0.6) is 0 Å². The first-order valence-corrected chi connectivity index (χ1v) is 8.48. The first-order valence-electron chi connectivity index (χ1n) is 8.10. The van der Waals surface area contributed by atoms with Crippen LogP contribution in [0, 0.1) is 0 Å². The van der Waals surface area contributed by atoms with Crippen molar-refractivity contribution in [2.45, 2.75) is 38.6 Å². The highest BCUT2D eigenvalue weighted by molar-refractivity contribution is 6.30. The number of carbonyl (C=O) groups is 1. The van der Waals surface area contributed by atoms with Crippen LogP contribution in [0.3, 0.4) is 0 Å². The summed E-state index contributed by atoms with van der Waals surface area (Å²) in [6, 6.07) is 6.36.